The van der Waals surface area contributed by atoms with Gasteiger partial charge in [0.1, 0.15) is 0 Å². The lowest BCUT2D eigenvalue weighted by molar-refractivity contribution is -0.195. The van der Waals surface area contributed by atoms with E-state index >= 15 is 0 Å². The van der Waals surface area contributed by atoms with Gasteiger partial charge in [0.25, 0.3) is 5.91 Å². The van der Waals surface area contributed by atoms with Crippen LogP contribution in [0.3, 0.4) is 0 Å². The monoisotopic (exact) mass is 293 g/mol. The number of halogens is 3. The second kappa shape index (κ2) is 5.18. The number of alkyl halides is 3. The van der Waals surface area contributed by atoms with E-state index in [-0.39, 0.29) is 5.92 Å². The van der Waals surface area contributed by atoms with E-state index < -0.39 is 17.6 Å². The molecule has 0 saturated carbocycles. The van der Waals surface area contributed by atoms with Crippen molar-refractivity contribution in [1.29, 1.82) is 0 Å². The van der Waals surface area contributed by atoms with E-state index in [9.17, 15) is 18.0 Å². The van der Waals surface area contributed by atoms with Crippen molar-refractivity contribution in [3.05, 3.63) is 0 Å². The molecular weight excluding hydrogens is 271 g/mol. The highest BCUT2D eigenvalue weighted by molar-refractivity contribution is 5.86. The summed E-state index contributed by atoms with van der Waals surface area (Å²) in [4.78, 5) is 15.6. The Labute approximate surface area is 117 Å². The second-order valence-corrected chi connectivity index (χ2v) is 6.19. The van der Waals surface area contributed by atoms with Crippen LogP contribution in [0.4, 0.5) is 13.2 Å². The fourth-order valence-corrected chi connectivity index (χ4v) is 3.29. The van der Waals surface area contributed by atoms with Gasteiger partial charge in [-0.25, -0.2) is 0 Å². The molecule has 20 heavy (non-hydrogen) atoms. The molecule has 2 heterocycles. The third-order valence-corrected chi connectivity index (χ3v) is 4.67. The van der Waals surface area contributed by atoms with Gasteiger partial charge in [-0.15, -0.1) is 0 Å². The minimum atomic E-state index is -4.72. The van der Waals surface area contributed by atoms with Crippen LogP contribution in [0.2, 0.25) is 0 Å². The first kappa shape index (κ1) is 15.6. The van der Waals surface area contributed by atoms with Crippen molar-refractivity contribution in [2.75, 3.05) is 26.7 Å². The fraction of sp³-hybridized carbons (Fsp3) is 0.923. The van der Waals surface area contributed by atoms with Crippen molar-refractivity contribution in [1.82, 2.24) is 9.80 Å². The van der Waals surface area contributed by atoms with E-state index in [1.807, 2.05) is 7.05 Å². The smallest absolute Gasteiger partial charge is 0.340 e. The van der Waals surface area contributed by atoms with Crippen LogP contribution in [0, 0.1) is 5.92 Å². The van der Waals surface area contributed by atoms with Gasteiger partial charge in [-0.05, 0) is 45.7 Å². The molecule has 2 aliphatic rings. The number of amides is 1. The Bertz CT molecular complexity index is 384. The number of likely N-dealkylation sites (tertiary alicyclic amines) is 2. The Morgan fingerprint density at radius 3 is 2.50 bits per heavy atom. The second-order valence-electron chi connectivity index (χ2n) is 6.19. The molecule has 0 spiro atoms. The zero-order valence-corrected chi connectivity index (χ0v) is 11.9. The summed E-state index contributed by atoms with van der Waals surface area (Å²) in [5.74, 6) is -0.743. The molecule has 0 aromatic carbocycles. The predicted molar refractivity (Wildman–Crippen MR) is 69.0 cm³/mol. The maximum Gasteiger partial charge on any atom is 0.415 e. The predicted octanol–water partition coefficient (Wildman–Crippen LogP) is 1.21. The molecule has 0 aromatic rings. The minimum absolute atomic E-state index is 0.260. The largest absolute Gasteiger partial charge is 0.415 e. The van der Waals surface area contributed by atoms with Gasteiger partial charge in [0.05, 0.1) is 0 Å². The first-order chi connectivity index (χ1) is 9.14. The number of fused-ring (bicyclic) bond motifs is 1. The number of carbonyl (C=O) groups is 1. The molecule has 3 unspecified atom stereocenters. The Balaban J connectivity index is 2.07. The number of hydrogen-bond acceptors (Lipinski definition) is 3. The maximum absolute atomic E-state index is 12.9. The molecule has 116 valence electrons. The first-order valence-electron chi connectivity index (χ1n) is 7.00. The van der Waals surface area contributed by atoms with Gasteiger partial charge in [-0.3, -0.25) is 4.79 Å². The van der Waals surface area contributed by atoms with Crippen LogP contribution in [0.15, 0.2) is 0 Å². The molecule has 0 aliphatic carbocycles. The van der Waals surface area contributed by atoms with Crippen LogP contribution < -0.4 is 5.73 Å². The van der Waals surface area contributed by atoms with Crippen molar-refractivity contribution >= 4 is 5.91 Å². The van der Waals surface area contributed by atoms with Crippen LogP contribution in [-0.2, 0) is 4.79 Å². The number of rotatable bonds is 1. The van der Waals surface area contributed by atoms with Gasteiger partial charge >= 0.3 is 6.18 Å². The number of nitrogens with zero attached hydrogens (tertiary/aromatic N) is 2. The number of hydrogen-bond donors (Lipinski definition) is 1. The van der Waals surface area contributed by atoms with Crippen molar-refractivity contribution in [2.24, 2.45) is 11.7 Å². The normalized spacial score (nSPS) is 31.6. The van der Waals surface area contributed by atoms with E-state index in [1.54, 1.807) is 0 Å². The van der Waals surface area contributed by atoms with Gasteiger partial charge in [-0.1, -0.05) is 0 Å². The van der Waals surface area contributed by atoms with Crippen LogP contribution >= 0.6 is 0 Å². The van der Waals surface area contributed by atoms with Crippen LogP contribution in [0.1, 0.15) is 26.2 Å². The van der Waals surface area contributed by atoms with E-state index in [2.05, 4.69) is 4.90 Å². The van der Waals surface area contributed by atoms with Crippen molar-refractivity contribution < 1.29 is 18.0 Å². The van der Waals surface area contributed by atoms with E-state index in [1.165, 1.54) is 4.90 Å². The molecule has 2 saturated heterocycles. The third-order valence-electron chi connectivity index (χ3n) is 4.67. The van der Waals surface area contributed by atoms with Crippen LogP contribution in [0.25, 0.3) is 0 Å². The molecule has 2 fully saturated rings. The third kappa shape index (κ3) is 2.65. The van der Waals surface area contributed by atoms with Gasteiger partial charge < -0.3 is 15.5 Å². The molecule has 1 amide bonds. The van der Waals surface area contributed by atoms with Crippen molar-refractivity contribution in [2.45, 2.75) is 43.9 Å². The fourth-order valence-electron chi connectivity index (χ4n) is 3.29. The average molecular weight is 293 g/mol. The van der Waals surface area contributed by atoms with E-state index in [4.69, 9.17) is 5.73 Å². The molecular formula is C13H22F3N3O. The summed E-state index contributed by atoms with van der Waals surface area (Å²) in [6.45, 7) is 2.52. The van der Waals surface area contributed by atoms with Crippen molar-refractivity contribution in [3.8, 4) is 0 Å². The van der Waals surface area contributed by atoms with Gasteiger partial charge in [0.2, 0.25) is 0 Å². The first-order valence-corrected chi connectivity index (χ1v) is 7.00. The SMILES string of the molecule is CN1CCCC2CN(C(=O)C(C)(N)C(F)(F)F)CCC21. The summed E-state index contributed by atoms with van der Waals surface area (Å²) in [5.41, 5.74) is 2.45. The summed E-state index contributed by atoms with van der Waals surface area (Å²) < 4.78 is 38.6. The molecule has 7 heteroatoms. The highest BCUT2D eigenvalue weighted by Gasteiger charge is 2.56. The number of piperidine rings is 2. The molecule has 2 N–H and O–H groups in total. The summed E-state index contributed by atoms with van der Waals surface area (Å²) in [6, 6.07) is 0.378. The zero-order valence-electron chi connectivity index (χ0n) is 11.9. The highest BCUT2D eigenvalue weighted by atomic mass is 19.4. The average Bonchev–Trinajstić information content (AvgIpc) is 2.36. The minimum Gasteiger partial charge on any atom is -0.340 e. The maximum atomic E-state index is 12.9. The Kier molecular flexibility index (Phi) is 4.03. The molecule has 3 atom stereocenters. The lowest BCUT2D eigenvalue weighted by atomic mass is 9.83. The Morgan fingerprint density at radius 1 is 1.25 bits per heavy atom. The quantitative estimate of drug-likeness (QED) is 0.790. The Morgan fingerprint density at radius 2 is 1.90 bits per heavy atom. The zero-order chi connectivity index (χ0) is 15.1. The highest BCUT2D eigenvalue weighted by Crippen LogP contribution is 2.33. The Hall–Kier alpha value is -0.820. The summed E-state index contributed by atoms with van der Waals surface area (Å²) >= 11 is 0. The molecule has 0 aromatic heterocycles. The standard InChI is InChI=1S/C13H22F3N3O/c1-12(17,13(14,15)16)11(20)19-7-5-10-9(8-19)4-3-6-18(10)2/h9-10H,3-8,17H2,1-2H3. The molecule has 4 nitrogen and oxygen atoms in total. The summed E-state index contributed by atoms with van der Waals surface area (Å²) in [5, 5.41) is 0. The molecule has 0 radical (unpaired) electrons. The van der Waals surface area contributed by atoms with Gasteiger partial charge in [0, 0.05) is 19.1 Å². The topological polar surface area (TPSA) is 49.6 Å². The summed E-state index contributed by atoms with van der Waals surface area (Å²) in [7, 11) is 2.04. The van der Waals surface area contributed by atoms with Crippen LogP contribution in [-0.4, -0.2) is 60.1 Å². The van der Waals surface area contributed by atoms with Crippen LogP contribution in [0.5, 0.6) is 0 Å². The lowest BCUT2D eigenvalue weighted by Crippen LogP contribution is -2.65. The number of carbonyl (C=O) groups excluding carboxylic acids is 1. The van der Waals surface area contributed by atoms with E-state index in [0.29, 0.717) is 19.1 Å². The number of nitrogens with two attached hydrogens (primary N) is 1. The summed E-state index contributed by atoms with van der Waals surface area (Å²) in [6.07, 6.45) is -2.00. The van der Waals surface area contributed by atoms with Gasteiger partial charge in [0.15, 0.2) is 5.54 Å². The van der Waals surface area contributed by atoms with E-state index in [0.717, 1.165) is 32.7 Å². The molecule has 0 bridgehead atoms. The molecule has 2 rings (SSSR count). The van der Waals surface area contributed by atoms with Crippen molar-refractivity contribution in [3.63, 3.8) is 0 Å². The molecule has 2 aliphatic heterocycles. The lowest BCUT2D eigenvalue weighted by Gasteiger charge is -2.47. The van der Waals surface area contributed by atoms with Gasteiger partial charge in [-0.2, -0.15) is 13.2 Å².